The van der Waals surface area contributed by atoms with Crippen LogP contribution in [-0.4, -0.2) is 214 Å². The van der Waals surface area contributed by atoms with Gasteiger partial charge in [0.25, 0.3) is 0 Å². The molecule has 4 aliphatic heterocycles. The summed E-state index contributed by atoms with van der Waals surface area (Å²) in [5.41, 5.74) is -4.57. The number of carbonyl (C=O) groups is 2. The molecule has 4 aliphatic carbocycles. The van der Waals surface area contributed by atoms with Crippen LogP contribution in [0, 0.1) is 34.5 Å². The minimum atomic E-state index is -1.68. The summed E-state index contributed by atoms with van der Waals surface area (Å²) in [6, 6.07) is 0. The van der Waals surface area contributed by atoms with Gasteiger partial charge in [-0.3, -0.25) is 9.59 Å². The van der Waals surface area contributed by atoms with Crippen molar-refractivity contribution < 1.29 is 107 Å². The second-order valence-electron chi connectivity index (χ2n) is 24.1. The molecule has 8 fully saturated rings. The summed E-state index contributed by atoms with van der Waals surface area (Å²) < 4.78 is 73.3. The van der Waals surface area contributed by atoms with Gasteiger partial charge >= 0.3 is 11.9 Å². The maximum absolute atomic E-state index is 13.1. The third-order valence-corrected chi connectivity index (χ3v) is 20.0. The zero-order valence-electron chi connectivity index (χ0n) is 46.2. The van der Waals surface area contributed by atoms with Gasteiger partial charge in [-0.2, -0.15) is 0 Å². The summed E-state index contributed by atoms with van der Waals surface area (Å²) in [5.74, 6) is -1.25. The van der Waals surface area contributed by atoms with Gasteiger partial charge in [-0.1, -0.05) is 27.7 Å². The minimum Gasteiger partial charge on any atom is -0.462 e. The standard InChI is InChI=1S/C54H90O22/c1-12-24(2)48(62)70-28(6)53(63)17-18-54(64)32-14-13-30-19-31(15-16-51(30,8)33(32)20-37(52(53,54)9)71-29(7)56)72-38-21-34(57)44(25(3)67-38)74-39-22-35(65-10)45(26(4)68-39)75-50-43(61)47(66-11)46(27(5)69-50)76-49-42(60)41(59)40(58)36(23-55)73-49/h24-28,30-47,49-50,55,57-61,63-64H,12-23H2,1-11H3/t24-,25-,26-,27-,28+,30+,31+,32-,33+,34+,35+,36-,37-,38-,39+,40-,41+,42-,43-,44-,45-,46-,47-,49+,50+,51+,52-,53-,54+/m1/s1. The largest absolute Gasteiger partial charge is 0.462 e. The highest BCUT2D eigenvalue weighted by Crippen LogP contribution is 2.71. The molecule has 22 heteroatoms. The zero-order valence-corrected chi connectivity index (χ0v) is 46.2. The molecular weight excluding hydrogens is 1000 g/mol. The molecule has 8 aliphatic rings. The average molecular weight is 1090 g/mol. The van der Waals surface area contributed by atoms with Crippen LogP contribution in [0.3, 0.4) is 0 Å². The van der Waals surface area contributed by atoms with Crippen molar-refractivity contribution in [1.29, 1.82) is 0 Å². The number of rotatable bonds is 16. The first-order chi connectivity index (χ1) is 35.8. The van der Waals surface area contributed by atoms with Gasteiger partial charge in [0.15, 0.2) is 25.2 Å². The van der Waals surface area contributed by atoms with Gasteiger partial charge in [0.1, 0.15) is 72.7 Å². The van der Waals surface area contributed by atoms with Crippen molar-refractivity contribution in [2.45, 2.75) is 273 Å². The highest BCUT2D eigenvalue weighted by Gasteiger charge is 2.77. The van der Waals surface area contributed by atoms with E-state index >= 15 is 0 Å². The molecule has 4 saturated carbocycles. The van der Waals surface area contributed by atoms with Crippen molar-refractivity contribution in [1.82, 2.24) is 0 Å². The number of aliphatic hydroxyl groups is 8. The van der Waals surface area contributed by atoms with Crippen LogP contribution in [0.1, 0.15) is 133 Å². The van der Waals surface area contributed by atoms with Crippen molar-refractivity contribution in [3.05, 3.63) is 0 Å². The lowest BCUT2D eigenvalue weighted by Gasteiger charge is -2.66. The van der Waals surface area contributed by atoms with E-state index in [-0.39, 0.29) is 60.9 Å². The fourth-order valence-corrected chi connectivity index (χ4v) is 15.2. The molecule has 0 aromatic rings. The number of hydrogen-bond acceptors (Lipinski definition) is 22. The molecule has 76 heavy (non-hydrogen) atoms. The van der Waals surface area contributed by atoms with Gasteiger partial charge in [-0.05, 0) is 109 Å². The minimum absolute atomic E-state index is 0.0208. The quantitative estimate of drug-likeness (QED) is 0.0802. The number of methoxy groups -OCH3 is 2. The number of carbonyl (C=O) groups excluding carboxylic acids is 2. The highest BCUT2D eigenvalue weighted by atomic mass is 16.8. The van der Waals surface area contributed by atoms with Crippen LogP contribution in [0.25, 0.3) is 0 Å². The molecule has 0 aromatic carbocycles. The van der Waals surface area contributed by atoms with E-state index in [0.717, 1.165) is 19.3 Å². The van der Waals surface area contributed by atoms with Crippen LogP contribution in [0.15, 0.2) is 0 Å². The summed E-state index contributed by atoms with van der Waals surface area (Å²) in [6.07, 6.45) is -15.5. The summed E-state index contributed by atoms with van der Waals surface area (Å²) in [6.45, 7) is 15.4. The normalized spacial score (nSPS) is 51.4. The maximum Gasteiger partial charge on any atom is 0.309 e. The first-order valence-corrected chi connectivity index (χ1v) is 27.9. The van der Waals surface area contributed by atoms with Gasteiger partial charge in [-0.15, -0.1) is 0 Å². The van der Waals surface area contributed by atoms with Gasteiger partial charge < -0.3 is 97.7 Å². The Morgan fingerprint density at radius 3 is 1.95 bits per heavy atom. The van der Waals surface area contributed by atoms with Gasteiger partial charge in [0.2, 0.25) is 0 Å². The number of fused-ring (bicyclic) bond motifs is 5. The second-order valence-corrected chi connectivity index (χ2v) is 24.1. The van der Waals surface area contributed by atoms with E-state index in [1.54, 1.807) is 27.7 Å². The van der Waals surface area contributed by atoms with E-state index in [0.29, 0.717) is 25.7 Å². The van der Waals surface area contributed by atoms with Crippen molar-refractivity contribution in [2.75, 3.05) is 20.8 Å². The van der Waals surface area contributed by atoms with E-state index in [2.05, 4.69) is 6.92 Å². The van der Waals surface area contributed by atoms with Crippen LogP contribution < -0.4 is 0 Å². The van der Waals surface area contributed by atoms with E-state index in [1.807, 2.05) is 20.8 Å². The van der Waals surface area contributed by atoms with Gasteiger partial charge in [-0.25, -0.2) is 0 Å². The molecule has 0 bridgehead atoms. The van der Waals surface area contributed by atoms with E-state index < -0.39 is 158 Å². The number of ether oxygens (including phenoxy) is 12. The third kappa shape index (κ3) is 10.8. The molecule has 0 amide bonds. The zero-order chi connectivity index (χ0) is 55.6. The number of hydrogen-bond donors (Lipinski definition) is 8. The Labute approximate surface area is 446 Å². The van der Waals surface area contributed by atoms with Crippen LogP contribution >= 0.6 is 0 Å². The fraction of sp³-hybridized carbons (Fsp3) is 0.963. The Balaban J connectivity index is 0.847. The number of esters is 2. The van der Waals surface area contributed by atoms with Gasteiger partial charge in [0.05, 0.1) is 60.2 Å². The molecule has 0 unspecified atom stereocenters. The topological polar surface area (TPSA) is 307 Å². The Kier molecular flexibility index (Phi) is 18.7. The van der Waals surface area contributed by atoms with E-state index in [9.17, 15) is 50.4 Å². The van der Waals surface area contributed by atoms with Crippen molar-refractivity contribution in [3.63, 3.8) is 0 Å². The molecule has 29 atom stereocenters. The molecule has 8 rings (SSSR count). The average Bonchev–Trinajstić information content (AvgIpc) is 3.87. The van der Waals surface area contributed by atoms with Crippen LogP contribution in [0.5, 0.6) is 0 Å². The van der Waals surface area contributed by atoms with Crippen LogP contribution in [0.2, 0.25) is 0 Å². The Morgan fingerprint density at radius 1 is 0.671 bits per heavy atom. The molecule has 22 nitrogen and oxygen atoms in total. The summed E-state index contributed by atoms with van der Waals surface area (Å²) in [5, 5.41) is 89.6. The first-order valence-electron chi connectivity index (χ1n) is 27.9. The monoisotopic (exact) mass is 1090 g/mol. The maximum atomic E-state index is 13.1. The molecule has 0 aromatic heterocycles. The molecule has 4 saturated heterocycles. The summed E-state index contributed by atoms with van der Waals surface area (Å²) in [7, 11) is 2.87. The Bertz CT molecular complexity index is 1950. The molecule has 438 valence electrons. The third-order valence-electron chi connectivity index (χ3n) is 20.0. The van der Waals surface area contributed by atoms with Crippen molar-refractivity contribution in [3.8, 4) is 0 Å². The Hall–Kier alpha value is -1.78. The molecule has 4 heterocycles. The van der Waals surface area contributed by atoms with E-state index in [1.165, 1.54) is 21.1 Å². The second kappa shape index (κ2) is 23.6. The van der Waals surface area contributed by atoms with E-state index in [4.69, 9.17) is 56.8 Å². The SMILES string of the molecule is CC[C@@H](C)C(=O)O[C@@H](C)[C@]1(O)CC[C@]2(O)[C@@H]3CC[C@H]4C[C@@H](O[C@@H]5C[C@H](O)[C@H](O[C@H]6C[C@H](OC)[C@H](O[C@@H]7O[C@H](C)[C@@H](O[C@@H]8O[C@H](CO)[C@@H](O)[C@H](O)[C@H]8O)[C@H](OC)[C@H]7O)[C@@H](C)O6)[C@@H](C)O5)CC[C@]4(C)[C@H]3C[C@@H](OC(C)=O)[C@]12C. The van der Waals surface area contributed by atoms with Crippen molar-refractivity contribution >= 4 is 11.9 Å². The summed E-state index contributed by atoms with van der Waals surface area (Å²) in [4.78, 5) is 25.8. The first kappa shape index (κ1) is 60.3. The number of aliphatic hydroxyl groups excluding tert-OH is 6. The molecule has 0 radical (unpaired) electrons. The van der Waals surface area contributed by atoms with Gasteiger partial charge in [0, 0.05) is 34.0 Å². The Morgan fingerprint density at radius 2 is 1.32 bits per heavy atom. The summed E-state index contributed by atoms with van der Waals surface area (Å²) >= 11 is 0. The lowest BCUT2D eigenvalue weighted by atomic mass is 9.42. The predicted molar refractivity (Wildman–Crippen MR) is 263 cm³/mol. The molecule has 8 N–H and O–H groups in total. The predicted octanol–water partition coefficient (Wildman–Crippen LogP) is 1.50. The molecular formula is C54H90O22. The van der Waals surface area contributed by atoms with Crippen LogP contribution in [0.4, 0.5) is 0 Å². The smallest absolute Gasteiger partial charge is 0.309 e. The lowest BCUT2D eigenvalue weighted by Crippen LogP contribution is -2.72. The molecule has 0 spiro atoms. The highest BCUT2D eigenvalue weighted by molar-refractivity contribution is 5.72. The lowest BCUT2D eigenvalue weighted by molar-refractivity contribution is -0.373. The van der Waals surface area contributed by atoms with Crippen LogP contribution in [-0.2, 0) is 66.4 Å². The van der Waals surface area contributed by atoms with Crippen molar-refractivity contribution in [2.24, 2.45) is 34.5 Å². The fourth-order valence-electron chi connectivity index (χ4n) is 15.2.